The van der Waals surface area contributed by atoms with Gasteiger partial charge < -0.3 is 58.5 Å². The van der Waals surface area contributed by atoms with Crippen molar-refractivity contribution in [2.45, 2.75) is 148 Å². The summed E-state index contributed by atoms with van der Waals surface area (Å²) in [5.41, 5.74) is -8.54. The van der Waals surface area contributed by atoms with Crippen LogP contribution in [0.1, 0.15) is 99.4 Å². The molecule has 3 fully saturated rings. The van der Waals surface area contributed by atoms with Gasteiger partial charge in [-0.3, -0.25) is 14.4 Å². The Balaban J connectivity index is 1.77. The summed E-state index contributed by atoms with van der Waals surface area (Å²) in [4.78, 5) is 83.2. The number of hydrogen-bond acceptors (Lipinski definition) is 17. The molecule has 2 bridgehead atoms. The van der Waals surface area contributed by atoms with Crippen molar-refractivity contribution in [1.29, 1.82) is 0 Å². The molecule has 1 saturated heterocycles. The maximum Gasteiger partial charge on any atom is 0.408 e. The van der Waals surface area contributed by atoms with Crippen LogP contribution in [0.3, 0.4) is 0 Å². The number of esters is 4. The van der Waals surface area contributed by atoms with Crippen LogP contribution in [-0.4, -0.2) is 131 Å². The molecule has 63 heavy (non-hydrogen) atoms. The lowest BCUT2D eigenvalue weighted by atomic mass is 9.44. The molecular weight excluding hydrogens is 826 g/mol. The molecule has 0 aromatic heterocycles. The zero-order valence-corrected chi connectivity index (χ0v) is 38.1. The summed E-state index contributed by atoms with van der Waals surface area (Å²) >= 11 is 0. The summed E-state index contributed by atoms with van der Waals surface area (Å²) in [7, 11) is 2.70. The third-order valence-corrected chi connectivity index (χ3v) is 12.8. The van der Waals surface area contributed by atoms with Gasteiger partial charge in [-0.25, -0.2) is 14.4 Å². The summed E-state index contributed by atoms with van der Waals surface area (Å²) < 4.78 is 46.5. The van der Waals surface area contributed by atoms with Gasteiger partial charge in [0.2, 0.25) is 0 Å². The van der Waals surface area contributed by atoms with E-state index in [2.05, 4.69) is 5.32 Å². The van der Waals surface area contributed by atoms with Crippen LogP contribution in [0.15, 0.2) is 41.0 Å². The van der Waals surface area contributed by atoms with Gasteiger partial charge in [0.05, 0.1) is 44.3 Å². The van der Waals surface area contributed by atoms with Crippen molar-refractivity contribution >= 4 is 35.8 Å². The van der Waals surface area contributed by atoms with Gasteiger partial charge in [0.25, 0.3) is 0 Å². The van der Waals surface area contributed by atoms with Crippen molar-refractivity contribution in [1.82, 2.24) is 5.32 Å². The van der Waals surface area contributed by atoms with Gasteiger partial charge in [-0.05, 0) is 77.8 Å². The van der Waals surface area contributed by atoms with Gasteiger partial charge in [-0.1, -0.05) is 25.5 Å². The van der Waals surface area contributed by atoms with Gasteiger partial charge in [-0.15, -0.1) is 0 Å². The van der Waals surface area contributed by atoms with Crippen molar-refractivity contribution < 1.29 is 82.0 Å². The first kappa shape index (κ1) is 49.0. The molecule has 3 aliphatic carbocycles. The SMILES string of the molecule is COc1ccc(OC)c(C(=O)O[C@H]2[C@@H]3[C@]4(OC(C)=O)CO[C@@H]4C[C@H](O)[C@@]3(C)C(=O)[C@H](OC(C)=O)C3=C(C)[C@@H](OC(=O)[C@H](O)[C@H](C=C(C)C)NC(=O)OC(C)(C)C)C[C@]2(O)C3(C)C)c1. The minimum absolute atomic E-state index is 0.0432. The van der Waals surface area contributed by atoms with E-state index in [1.807, 2.05) is 0 Å². The highest BCUT2D eigenvalue weighted by Gasteiger charge is 2.78. The van der Waals surface area contributed by atoms with Gasteiger partial charge in [0, 0.05) is 32.1 Å². The van der Waals surface area contributed by atoms with Crippen LogP contribution in [0.4, 0.5) is 4.79 Å². The quantitative estimate of drug-likeness (QED) is 0.141. The van der Waals surface area contributed by atoms with Crippen molar-refractivity contribution in [2.75, 3.05) is 20.8 Å². The number of rotatable bonds is 11. The van der Waals surface area contributed by atoms with E-state index in [1.165, 1.54) is 66.2 Å². The molecule has 1 aliphatic heterocycles. The summed E-state index contributed by atoms with van der Waals surface area (Å²) in [6.45, 7) is 16.0. The number of nitrogens with one attached hydrogen (secondary N) is 1. The number of hydrogen-bond donors (Lipinski definition) is 4. The van der Waals surface area contributed by atoms with Gasteiger partial charge in [-0.2, -0.15) is 0 Å². The highest BCUT2D eigenvalue weighted by atomic mass is 16.6. The van der Waals surface area contributed by atoms with Crippen molar-refractivity contribution in [3.05, 3.63) is 46.6 Å². The number of Topliss-reactive ketones (excluding diaryl/α,β-unsaturated/α-hetero) is 1. The summed E-state index contributed by atoms with van der Waals surface area (Å²) in [5, 5.41) is 39.8. The summed E-state index contributed by atoms with van der Waals surface area (Å²) in [6.07, 6.45) is -10.4. The van der Waals surface area contributed by atoms with Crippen LogP contribution in [-0.2, 0) is 47.6 Å². The lowest BCUT2D eigenvalue weighted by Gasteiger charge is -2.67. The predicted molar refractivity (Wildman–Crippen MR) is 220 cm³/mol. The smallest absolute Gasteiger partial charge is 0.408 e. The van der Waals surface area contributed by atoms with E-state index in [1.54, 1.807) is 34.6 Å². The lowest BCUT2D eigenvalue weighted by Crippen LogP contribution is -2.82. The number of ether oxygens (including phenoxy) is 8. The molecular formula is C45H61NO17. The first-order valence-electron chi connectivity index (χ1n) is 20.7. The molecule has 18 nitrogen and oxygen atoms in total. The fraction of sp³-hybridized carbons (Fsp3) is 0.644. The second kappa shape index (κ2) is 17.5. The van der Waals surface area contributed by atoms with Crippen LogP contribution in [0.25, 0.3) is 0 Å². The van der Waals surface area contributed by atoms with E-state index in [0.717, 1.165) is 13.8 Å². The molecule has 18 heteroatoms. The van der Waals surface area contributed by atoms with E-state index in [4.69, 9.17) is 37.9 Å². The monoisotopic (exact) mass is 887 g/mol. The number of allylic oxidation sites excluding steroid dienone is 1. The topological polar surface area (TPSA) is 249 Å². The average Bonchev–Trinajstić information content (AvgIpc) is 3.16. The minimum Gasteiger partial charge on any atom is -0.497 e. The molecule has 2 saturated carbocycles. The number of carbonyl (C=O) groups excluding carboxylic acids is 6. The van der Waals surface area contributed by atoms with Gasteiger partial charge in [0.1, 0.15) is 46.6 Å². The summed E-state index contributed by atoms with van der Waals surface area (Å²) in [5.74, 6) is -6.34. The molecule has 5 rings (SSSR count). The van der Waals surface area contributed by atoms with Crippen LogP contribution in [0.5, 0.6) is 11.5 Å². The summed E-state index contributed by atoms with van der Waals surface area (Å²) in [6, 6.07) is 2.96. The first-order valence-corrected chi connectivity index (χ1v) is 20.7. The molecule has 0 radical (unpaired) electrons. The van der Waals surface area contributed by atoms with Crippen molar-refractivity contribution in [3.8, 4) is 11.5 Å². The Labute approximate surface area is 366 Å². The maximum absolute atomic E-state index is 15.5. The molecule has 4 aliphatic rings. The third-order valence-electron chi connectivity index (χ3n) is 12.8. The fourth-order valence-corrected chi connectivity index (χ4v) is 9.78. The van der Waals surface area contributed by atoms with Gasteiger partial charge >= 0.3 is 30.0 Å². The number of ketones is 1. The molecule has 348 valence electrons. The van der Waals surface area contributed by atoms with Crippen molar-refractivity contribution in [3.63, 3.8) is 0 Å². The lowest BCUT2D eigenvalue weighted by molar-refractivity contribution is -0.346. The van der Waals surface area contributed by atoms with E-state index >= 15 is 4.79 Å². The van der Waals surface area contributed by atoms with E-state index in [-0.39, 0.29) is 41.2 Å². The maximum atomic E-state index is 15.5. The number of amides is 1. The number of aliphatic hydroxyl groups is 3. The highest BCUT2D eigenvalue weighted by molar-refractivity contribution is 5.96. The van der Waals surface area contributed by atoms with E-state index in [0.29, 0.717) is 5.57 Å². The molecule has 1 amide bonds. The highest BCUT2D eigenvalue weighted by Crippen LogP contribution is 2.64. The number of alkyl carbamates (subject to hydrolysis) is 1. The standard InChI is InChI=1S/C45H61NO17/c1-21(2)16-27(46-40(54)63-41(6,7)8)33(50)39(53)60-29-19-45(55)37(61-38(52)26-17-25(56-12)14-15-28(26)57-13)35-43(11,30(49)18-31-44(35,20-58-31)62-24(5)48)36(51)34(59-23(4)47)32(22(29)3)42(45,9)10/h14-17,27,29-31,33-35,37,49-50,55H,18-20H2,1-13H3,(H,46,54)/t27-,29-,30-,31+,33+,34+,35-,37-,43+,44-,45+/m0/s1. The zero-order valence-electron chi connectivity index (χ0n) is 38.1. The molecule has 1 aromatic rings. The first-order chi connectivity index (χ1) is 29.1. The van der Waals surface area contributed by atoms with E-state index < -0.39 is 118 Å². The Kier molecular flexibility index (Phi) is 13.6. The number of carbonyl (C=O) groups is 6. The van der Waals surface area contributed by atoms with Crippen LogP contribution in [0, 0.1) is 16.7 Å². The predicted octanol–water partition coefficient (Wildman–Crippen LogP) is 3.44. The Hall–Kier alpha value is -5.04. The molecule has 4 N–H and O–H groups in total. The Morgan fingerprint density at radius 2 is 1.62 bits per heavy atom. The van der Waals surface area contributed by atoms with Crippen LogP contribution >= 0.6 is 0 Å². The second-order valence-electron chi connectivity index (χ2n) is 18.7. The van der Waals surface area contributed by atoms with E-state index in [9.17, 15) is 39.3 Å². The molecule has 0 spiro atoms. The third kappa shape index (κ3) is 8.78. The number of benzene rings is 1. The number of fused-ring (bicyclic) bond motifs is 5. The second-order valence-corrected chi connectivity index (χ2v) is 18.7. The average molecular weight is 888 g/mol. The largest absolute Gasteiger partial charge is 0.497 e. The van der Waals surface area contributed by atoms with Crippen LogP contribution in [0.2, 0.25) is 0 Å². The number of methoxy groups -OCH3 is 2. The molecule has 1 heterocycles. The Morgan fingerprint density at radius 3 is 2.14 bits per heavy atom. The van der Waals surface area contributed by atoms with Gasteiger partial charge in [0.15, 0.2) is 23.6 Å². The fourth-order valence-electron chi connectivity index (χ4n) is 9.78. The Morgan fingerprint density at radius 1 is 0.968 bits per heavy atom. The molecule has 11 atom stereocenters. The minimum atomic E-state index is -2.47. The number of aliphatic hydroxyl groups excluding tert-OH is 2. The normalized spacial score (nSPS) is 31.7. The molecule has 1 aromatic carbocycles. The molecule has 0 unspecified atom stereocenters. The van der Waals surface area contributed by atoms with Crippen LogP contribution < -0.4 is 14.8 Å². The van der Waals surface area contributed by atoms with Crippen molar-refractivity contribution in [2.24, 2.45) is 16.7 Å². The Bertz CT molecular complexity index is 2080. The zero-order chi connectivity index (χ0) is 47.4.